The molecule has 0 radical (unpaired) electrons. The molecule has 3 heterocycles. The van der Waals surface area contributed by atoms with Crippen molar-refractivity contribution in [1.29, 1.82) is 0 Å². The summed E-state index contributed by atoms with van der Waals surface area (Å²) in [5.74, 6) is 1.72. The molecule has 6 rings (SSSR count). The minimum Gasteiger partial charge on any atom is -0.490 e. The number of carbonyl (C=O) groups is 1. The highest BCUT2D eigenvalue weighted by Gasteiger charge is 2.42. The first-order valence-corrected chi connectivity index (χ1v) is 11.6. The molecule has 2 aliphatic rings. The molecule has 1 amide bonds. The van der Waals surface area contributed by atoms with E-state index in [1.165, 1.54) is 0 Å². The zero-order chi connectivity index (χ0) is 24.8. The van der Waals surface area contributed by atoms with Crippen molar-refractivity contribution in [3.05, 3.63) is 112 Å². The van der Waals surface area contributed by atoms with E-state index in [9.17, 15) is 9.59 Å². The topological polar surface area (TPSA) is 78.2 Å². The fourth-order valence-electron chi connectivity index (χ4n) is 4.78. The maximum absolute atomic E-state index is 13.8. The van der Waals surface area contributed by atoms with E-state index >= 15 is 0 Å². The lowest BCUT2D eigenvalue weighted by Crippen LogP contribution is -2.29. The molecule has 180 valence electrons. The monoisotopic (exact) mass is 481 g/mol. The van der Waals surface area contributed by atoms with Gasteiger partial charge in [0.05, 0.1) is 17.0 Å². The van der Waals surface area contributed by atoms with Gasteiger partial charge in [-0.2, -0.15) is 0 Å². The van der Waals surface area contributed by atoms with Crippen LogP contribution in [-0.4, -0.2) is 24.2 Å². The zero-order valence-electron chi connectivity index (χ0n) is 19.7. The molecular weight excluding hydrogens is 458 g/mol. The molecule has 4 aromatic rings. The van der Waals surface area contributed by atoms with Crippen molar-refractivity contribution in [2.75, 3.05) is 13.4 Å². The van der Waals surface area contributed by atoms with Gasteiger partial charge in [-0.1, -0.05) is 42.5 Å². The van der Waals surface area contributed by atoms with Crippen molar-refractivity contribution in [3.8, 4) is 17.2 Å². The summed E-state index contributed by atoms with van der Waals surface area (Å²) in [6.45, 7) is 6.40. The summed E-state index contributed by atoms with van der Waals surface area (Å²) in [4.78, 5) is 29.1. The van der Waals surface area contributed by atoms with Gasteiger partial charge in [-0.25, -0.2) is 0 Å². The lowest BCUT2D eigenvalue weighted by molar-refractivity contribution is 0.0714. The first kappa shape index (κ1) is 22.0. The zero-order valence-corrected chi connectivity index (χ0v) is 19.7. The lowest BCUT2D eigenvalue weighted by Gasteiger charge is -2.25. The van der Waals surface area contributed by atoms with E-state index in [1.807, 2.05) is 55.5 Å². The molecule has 0 N–H and O–H groups in total. The standard InChI is InChI=1S/C29H23NO6/c1-3-12-33-20-8-6-19(7-9-20)26-25-27(31)21-13-17(2)4-10-22(21)36-28(25)29(32)30(26)15-18-5-11-23-24(14-18)35-16-34-23/h3-11,13-14,26H,1,12,15-16H2,2H3. The Bertz CT molecular complexity index is 1570. The summed E-state index contributed by atoms with van der Waals surface area (Å²) >= 11 is 0. The van der Waals surface area contributed by atoms with Crippen molar-refractivity contribution in [2.24, 2.45) is 0 Å². The van der Waals surface area contributed by atoms with Crippen LogP contribution in [-0.2, 0) is 6.54 Å². The largest absolute Gasteiger partial charge is 0.490 e. The van der Waals surface area contributed by atoms with Gasteiger partial charge in [0, 0.05) is 6.54 Å². The summed E-state index contributed by atoms with van der Waals surface area (Å²) in [6, 6.07) is 17.8. The van der Waals surface area contributed by atoms with E-state index < -0.39 is 6.04 Å². The van der Waals surface area contributed by atoms with E-state index in [1.54, 1.807) is 23.1 Å². The van der Waals surface area contributed by atoms with Gasteiger partial charge < -0.3 is 23.5 Å². The molecule has 0 saturated carbocycles. The second-order valence-electron chi connectivity index (χ2n) is 8.87. The Kier molecular flexibility index (Phi) is 5.25. The molecule has 1 aromatic heterocycles. The van der Waals surface area contributed by atoms with Crippen LogP contribution in [0.5, 0.6) is 17.2 Å². The Balaban J connectivity index is 1.47. The van der Waals surface area contributed by atoms with Gasteiger partial charge in [0.25, 0.3) is 5.91 Å². The average Bonchev–Trinajstić information content (AvgIpc) is 3.46. The molecule has 3 aromatic carbocycles. The molecule has 1 atom stereocenters. The Hall–Kier alpha value is -4.52. The van der Waals surface area contributed by atoms with E-state index in [0.29, 0.717) is 40.4 Å². The van der Waals surface area contributed by atoms with E-state index in [4.69, 9.17) is 18.6 Å². The summed E-state index contributed by atoms with van der Waals surface area (Å²) in [5, 5.41) is 0.461. The fraction of sp³-hybridized carbons (Fsp3) is 0.172. The summed E-state index contributed by atoms with van der Waals surface area (Å²) < 4.78 is 22.6. The predicted molar refractivity (Wildman–Crippen MR) is 134 cm³/mol. The van der Waals surface area contributed by atoms with Crippen molar-refractivity contribution in [1.82, 2.24) is 4.90 Å². The third kappa shape index (κ3) is 3.60. The number of ether oxygens (including phenoxy) is 3. The number of hydrogen-bond acceptors (Lipinski definition) is 6. The number of benzene rings is 3. The highest BCUT2D eigenvalue weighted by atomic mass is 16.7. The van der Waals surface area contributed by atoms with Crippen LogP contribution in [0.4, 0.5) is 0 Å². The quantitative estimate of drug-likeness (QED) is 0.355. The number of rotatable bonds is 6. The maximum atomic E-state index is 13.8. The van der Waals surface area contributed by atoms with Gasteiger partial charge in [0.15, 0.2) is 16.9 Å². The van der Waals surface area contributed by atoms with Gasteiger partial charge >= 0.3 is 0 Å². The molecule has 0 fully saturated rings. The van der Waals surface area contributed by atoms with Crippen molar-refractivity contribution in [2.45, 2.75) is 19.5 Å². The predicted octanol–water partition coefficient (Wildman–Crippen LogP) is 5.14. The fourth-order valence-corrected chi connectivity index (χ4v) is 4.78. The van der Waals surface area contributed by atoms with Crippen LogP contribution in [0.3, 0.4) is 0 Å². The molecule has 0 bridgehead atoms. The van der Waals surface area contributed by atoms with Crippen molar-refractivity contribution >= 4 is 16.9 Å². The number of aryl methyl sites for hydroxylation is 1. The normalized spacial score (nSPS) is 15.9. The molecule has 0 spiro atoms. The minimum atomic E-state index is -0.618. The molecule has 0 aliphatic carbocycles. The van der Waals surface area contributed by atoms with Gasteiger partial charge in [-0.05, 0) is 54.4 Å². The van der Waals surface area contributed by atoms with Crippen LogP contribution in [0.25, 0.3) is 11.0 Å². The number of amides is 1. The number of carbonyl (C=O) groups excluding carboxylic acids is 1. The second kappa shape index (κ2) is 8.61. The van der Waals surface area contributed by atoms with Crippen molar-refractivity contribution < 1.29 is 23.4 Å². The van der Waals surface area contributed by atoms with E-state index in [-0.39, 0.29) is 30.4 Å². The third-order valence-electron chi connectivity index (χ3n) is 6.47. The smallest absolute Gasteiger partial charge is 0.291 e. The van der Waals surface area contributed by atoms with Crippen LogP contribution in [0.15, 0.2) is 82.5 Å². The highest BCUT2D eigenvalue weighted by molar-refractivity contribution is 5.99. The molecule has 36 heavy (non-hydrogen) atoms. The third-order valence-corrected chi connectivity index (χ3v) is 6.47. The van der Waals surface area contributed by atoms with Crippen LogP contribution >= 0.6 is 0 Å². The lowest BCUT2D eigenvalue weighted by atomic mass is 9.97. The Labute approximate surface area is 207 Å². The first-order chi connectivity index (χ1) is 17.5. The first-order valence-electron chi connectivity index (χ1n) is 11.6. The van der Waals surface area contributed by atoms with E-state index in [2.05, 4.69) is 6.58 Å². The summed E-state index contributed by atoms with van der Waals surface area (Å²) in [5.41, 5.74) is 3.12. The van der Waals surface area contributed by atoms with Gasteiger partial charge in [0.1, 0.15) is 17.9 Å². The molecule has 1 unspecified atom stereocenters. The number of nitrogens with zero attached hydrogens (tertiary/aromatic N) is 1. The molecule has 0 saturated heterocycles. The van der Waals surface area contributed by atoms with Crippen LogP contribution in [0.1, 0.15) is 38.9 Å². The molecular formula is C29H23NO6. The summed E-state index contributed by atoms with van der Waals surface area (Å²) in [7, 11) is 0. The summed E-state index contributed by atoms with van der Waals surface area (Å²) in [6.07, 6.45) is 1.67. The maximum Gasteiger partial charge on any atom is 0.291 e. The number of fused-ring (bicyclic) bond motifs is 3. The molecule has 2 aliphatic heterocycles. The highest BCUT2D eigenvalue weighted by Crippen LogP contribution is 2.41. The second-order valence-corrected chi connectivity index (χ2v) is 8.87. The average molecular weight is 482 g/mol. The van der Waals surface area contributed by atoms with E-state index in [0.717, 1.165) is 16.7 Å². The van der Waals surface area contributed by atoms with Gasteiger partial charge in [0.2, 0.25) is 12.6 Å². The Morgan fingerprint density at radius 1 is 1.03 bits per heavy atom. The molecule has 7 heteroatoms. The molecule has 7 nitrogen and oxygen atoms in total. The Morgan fingerprint density at radius 3 is 2.64 bits per heavy atom. The minimum absolute atomic E-state index is 0.0779. The SMILES string of the molecule is C=CCOc1ccc(C2c3c(oc4ccc(C)cc4c3=O)C(=O)N2Cc2ccc3c(c2)OCO3)cc1. The van der Waals surface area contributed by atoms with Crippen molar-refractivity contribution in [3.63, 3.8) is 0 Å². The van der Waals surface area contributed by atoms with Gasteiger partial charge in [-0.15, -0.1) is 0 Å². The number of hydrogen-bond donors (Lipinski definition) is 0. The van der Waals surface area contributed by atoms with Crippen LogP contribution < -0.4 is 19.6 Å². The van der Waals surface area contributed by atoms with Crippen LogP contribution in [0, 0.1) is 6.92 Å². The van der Waals surface area contributed by atoms with Crippen LogP contribution in [0.2, 0.25) is 0 Å². The Morgan fingerprint density at radius 2 is 1.83 bits per heavy atom. The van der Waals surface area contributed by atoms with Gasteiger partial charge in [-0.3, -0.25) is 9.59 Å².